The van der Waals surface area contributed by atoms with Gasteiger partial charge in [0.15, 0.2) is 0 Å². The Morgan fingerprint density at radius 2 is 2.05 bits per heavy atom. The molecule has 0 atom stereocenters. The predicted octanol–water partition coefficient (Wildman–Crippen LogP) is 1.87. The molecule has 1 aromatic carbocycles. The van der Waals surface area contributed by atoms with Crippen molar-refractivity contribution in [2.24, 2.45) is 0 Å². The van der Waals surface area contributed by atoms with E-state index in [0.29, 0.717) is 5.69 Å². The van der Waals surface area contributed by atoms with Gasteiger partial charge in [-0.3, -0.25) is 19.9 Å². The van der Waals surface area contributed by atoms with Crippen LogP contribution in [0, 0.1) is 29.8 Å². The lowest BCUT2D eigenvalue weighted by Gasteiger charge is -2.08. The van der Waals surface area contributed by atoms with Crippen molar-refractivity contribution in [1.29, 1.82) is 0 Å². The summed E-state index contributed by atoms with van der Waals surface area (Å²) in [6.07, 6.45) is 0. The molecule has 0 aliphatic heterocycles. The normalized spacial score (nSPS) is 11.4. The number of nitrogens with one attached hydrogen (secondary N) is 2. The summed E-state index contributed by atoms with van der Waals surface area (Å²) in [5.74, 6) is -1.12. The van der Waals surface area contributed by atoms with Gasteiger partial charge in [0, 0.05) is 12.1 Å². The van der Waals surface area contributed by atoms with Crippen LogP contribution < -0.4 is 4.72 Å². The predicted molar refractivity (Wildman–Crippen MR) is 71.9 cm³/mol. The lowest BCUT2D eigenvalue weighted by molar-refractivity contribution is -0.387. The molecule has 10 heteroatoms. The number of halogens is 1. The van der Waals surface area contributed by atoms with Gasteiger partial charge in [0.1, 0.15) is 4.90 Å². The Hall–Kier alpha value is -2.49. The highest BCUT2D eigenvalue weighted by atomic mass is 32.2. The summed E-state index contributed by atoms with van der Waals surface area (Å²) in [6.45, 7) is 3.04. The fourth-order valence-corrected chi connectivity index (χ4v) is 3.28. The number of hydrogen-bond donors (Lipinski definition) is 2. The van der Waals surface area contributed by atoms with Crippen LogP contribution in [0.1, 0.15) is 11.4 Å². The Balaban J connectivity index is 2.38. The zero-order chi connectivity index (χ0) is 15.8. The number of H-pyrrole nitrogens is 1. The van der Waals surface area contributed by atoms with E-state index in [4.69, 9.17) is 0 Å². The van der Waals surface area contributed by atoms with Crippen LogP contribution >= 0.6 is 0 Å². The number of rotatable bonds is 4. The van der Waals surface area contributed by atoms with E-state index in [1.54, 1.807) is 0 Å². The van der Waals surface area contributed by atoms with E-state index in [2.05, 4.69) is 14.9 Å². The number of nitrogens with zero attached hydrogens (tertiary/aromatic N) is 2. The number of aromatic amines is 1. The highest BCUT2D eigenvalue weighted by Gasteiger charge is 2.23. The number of anilines is 1. The first-order valence-corrected chi connectivity index (χ1v) is 7.19. The maximum atomic E-state index is 13.5. The van der Waals surface area contributed by atoms with Crippen LogP contribution in [0.3, 0.4) is 0 Å². The zero-order valence-electron chi connectivity index (χ0n) is 11.0. The first kappa shape index (κ1) is 14.9. The van der Waals surface area contributed by atoms with Crippen molar-refractivity contribution in [1.82, 2.24) is 10.2 Å². The maximum Gasteiger partial charge on any atom is 0.304 e. The number of sulfonamides is 1. The van der Waals surface area contributed by atoms with Gasteiger partial charge >= 0.3 is 5.69 Å². The summed E-state index contributed by atoms with van der Waals surface area (Å²) in [4.78, 5) is 9.58. The molecule has 0 aliphatic rings. The maximum absolute atomic E-state index is 13.5. The van der Waals surface area contributed by atoms with Gasteiger partial charge in [-0.1, -0.05) is 0 Å². The van der Waals surface area contributed by atoms with E-state index in [-0.39, 0.29) is 16.3 Å². The van der Waals surface area contributed by atoms with Gasteiger partial charge in [-0.05, 0) is 19.9 Å². The Morgan fingerprint density at radius 1 is 1.38 bits per heavy atom. The molecule has 2 rings (SSSR count). The molecule has 1 aromatic heterocycles. The van der Waals surface area contributed by atoms with Gasteiger partial charge < -0.3 is 0 Å². The molecule has 0 aliphatic carbocycles. The lowest BCUT2D eigenvalue weighted by Crippen LogP contribution is -2.14. The van der Waals surface area contributed by atoms with Crippen molar-refractivity contribution in [3.8, 4) is 0 Å². The average molecular weight is 314 g/mol. The van der Waals surface area contributed by atoms with Crippen LogP contribution in [0.15, 0.2) is 23.1 Å². The minimum Gasteiger partial charge on any atom is -0.281 e. The summed E-state index contributed by atoms with van der Waals surface area (Å²) >= 11 is 0. The zero-order valence-corrected chi connectivity index (χ0v) is 11.9. The molecule has 0 bridgehead atoms. The third-order valence-corrected chi connectivity index (χ3v) is 4.37. The molecule has 0 amide bonds. The Morgan fingerprint density at radius 3 is 2.52 bits per heavy atom. The quantitative estimate of drug-likeness (QED) is 0.659. The Kier molecular flexibility index (Phi) is 3.64. The summed E-state index contributed by atoms with van der Waals surface area (Å²) in [5, 5.41) is 16.8. The third-order valence-electron chi connectivity index (χ3n) is 2.73. The molecule has 0 radical (unpaired) electrons. The van der Waals surface area contributed by atoms with Crippen LogP contribution in [0.2, 0.25) is 0 Å². The standard InChI is InChI=1S/C11H11FN4O4S/c1-6-11(7(2)14-13-6)21(19,20)15-8-3-4-10(16(17)18)9(12)5-8/h3-5,15H,1-2H3,(H,13,14). The number of aryl methyl sites for hydroxylation is 2. The second-order valence-electron chi connectivity index (χ2n) is 4.29. The van der Waals surface area contributed by atoms with Crippen LogP contribution in [0.5, 0.6) is 0 Å². The van der Waals surface area contributed by atoms with Gasteiger partial charge in [-0.15, -0.1) is 0 Å². The molecule has 0 fully saturated rings. The molecule has 0 unspecified atom stereocenters. The van der Waals surface area contributed by atoms with E-state index in [1.165, 1.54) is 13.8 Å². The van der Waals surface area contributed by atoms with Crippen molar-refractivity contribution in [2.45, 2.75) is 18.7 Å². The molecule has 1 heterocycles. The molecular formula is C11H11FN4O4S. The van der Waals surface area contributed by atoms with E-state index < -0.39 is 26.5 Å². The third kappa shape index (κ3) is 2.84. The largest absolute Gasteiger partial charge is 0.304 e. The number of aromatic nitrogens is 2. The molecule has 112 valence electrons. The Bertz CT molecular complexity index is 796. The SMILES string of the molecule is Cc1n[nH]c(C)c1S(=O)(=O)Nc1ccc([N+](=O)[O-])c(F)c1. The lowest BCUT2D eigenvalue weighted by atomic mass is 10.3. The first-order chi connectivity index (χ1) is 9.72. The second kappa shape index (κ2) is 5.13. The number of nitro groups is 1. The Labute approximate surface area is 119 Å². The smallest absolute Gasteiger partial charge is 0.281 e. The van der Waals surface area contributed by atoms with Gasteiger partial charge in [0.25, 0.3) is 10.0 Å². The van der Waals surface area contributed by atoms with E-state index in [1.807, 2.05) is 0 Å². The number of nitro benzene ring substituents is 1. The van der Waals surface area contributed by atoms with Crippen molar-refractivity contribution in [3.05, 3.63) is 45.5 Å². The van der Waals surface area contributed by atoms with Crippen LogP contribution in [-0.2, 0) is 10.0 Å². The van der Waals surface area contributed by atoms with Crippen molar-refractivity contribution >= 4 is 21.4 Å². The fourth-order valence-electron chi connectivity index (χ4n) is 1.86. The van der Waals surface area contributed by atoms with Crippen molar-refractivity contribution < 1.29 is 17.7 Å². The topological polar surface area (TPSA) is 118 Å². The fraction of sp³-hybridized carbons (Fsp3) is 0.182. The van der Waals surface area contributed by atoms with Gasteiger partial charge in [-0.2, -0.15) is 9.49 Å². The highest BCUT2D eigenvalue weighted by Crippen LogP contribution is 2.24. The van der Waals surface area contributed by atoms with Crippen molar-refractivity contribution in [2.75, 3.05) is 4.72 Å². The minimum absolute atomic E-state index is 0.0405. The molecule has 2 aromatic rings. The van der Waals surface area contributed by atoms with Crippen LogP contribution in [-0.4, -0.2) is 23.5 Å². The summed E-state index contributed by atoms with van der Waals surface area (Å²) < 4.78 is 40.1. The van der Waals surface area contributed by atoms with Gasteiger partial charge in [-0.25, -0.2) is 8.42 Å². The monoisotopic (exact) mass is 314 g/mol. The molecular weight excluding hydrogens is 303 g/mol. The second-order valence-corrected chi connectivity index (χ2v) is 5.91. The first-order valence-electron chi connectivity index (χ1n) is 5.70. The van der Waals surface area contributed by atoms with Gasteiger partial charge in [0.2, 0.25) is 5.82 Å². The number of benzene rings is 1. The summed E-state index contributed by atoms with van der Waals surface area (Å²) in [5.41, 5.74) is -0.239. The minimum atomic E-state index is -3.96. The molecule has 21 heavy (non-hydrogen) atoms. The van der Waals surface area contributed by atoms with E-state index in [9.17, 15) is 22.9 Å². The molecule has 2 N–H and O–H groups in total. The van der Waals surface area contributed by atoms with E-state index >= 15 is 0 Å². The van der Waals surface area contributed by atoms with Crippen molar-refractivity contribution in [3.63, 3.8) is 0 Å². The van der Waals surface area contributed by atoms with Gasteiger partial charge in [0.05, 0.1) is 22.0 Å². The van der Waals surface area contributed by atoms with E-state index in [0.717, 1.165) is 18.2 Å². The molecule has 8 nitrogen and oxygen atoms in total. The summed E-state index contributed by atoms with van der Waals surface area (Å²) in [7, 11) is -3.96. The average Bonchev–Trinajstić information content (AvgIpc) is 2.68. The highest BCUT2D eigenvalue weighted by molar-refractivity contribution is 7.92. The van der Waals surface area contributed by atoms with Crippen LogP contribution in [0.25, 0.3) is 0 Å². The molecule has 0 saturated carbocycles. The number of hydrogen-bond acceptors (Lipinski definition) is 5. The summed E-state index contributed by atoms with van der Waals surface area (Å²) in [6, 6.07) is 2.76. The molecule has 0 spiro atoms. The van der Waals surface area contributed by atoms with Crippen LogP contribution in [0.4, 0.5) is 15.8 Å². The molecule has 0 saturated heterocycles.